The number of hydrogen-bond donors (Lipinski definition) is 0. The van der Waals surface area contributed by atoms with E-state index >= 15 is 0 Å². The third kappa shape index (κ3) is 7.73. The Hall–Kier alpha value is -2.27. The maximum Gasteiger partial charge on any atom is 0.242 e. The number of carbonyl (C=O) groups is 2. The van der Waals surface area contributed by atoms with Crippen LogP contribution < -0.4 is 0 Å². The number of benzene rings is 1. The second kappa shape index (κ2) is 11.9. The van der Waals surface area contributed by atoms with Crippen molar-refractivity contribution in [2.45, 2.75) is 54.1 Å². The Morgan fingerprint density at radius 3 is 2.29 bits per heavy atom. The minimum atomic E-state index is -0.0156. The molecule has 0 atom stereocenters. The summed E-state index contributed by atoms with van der Waals surface area (Å²) in [6.07, 6.45) is 2.48. The molecule has 6 heteroatoms. The van der Waals surface area contributed by atoms with E-state index in [0.717, 1.165) is 16.3 Å². The van der Waals surface area contributed by atoms with Gasteiger partial charge in [0, 0.05) is 43.0 Å². The molecule has 1 heterocycles. The van der Waals surface area contributed by atoms with Gasteiger partial charge in [0.15, 0.2) is 0 Å². The van der Waals surface area contributed by atoms with Crippen LogP contribution in [0.3, 0.4) is 0 Å². The molecule has 1 aromatic heterocycles. The quantitative estimate of drug-likeness (QED) is 0.484. The maximum atomic E-state index is 13.2. The first-order chi connectivity index (χ1) is 14.7. The molecule has 0 spiro atoms. The number of nitrogens with zero attached hydrogens (tertiary/aromatic N) is 3. The molecule has 0 aliphatic heterocycles. The van der Waals surface area contributed by atoms with Crippen LogP contribution in [-0.2, 0) is 22.7 Å². The number of carbonyl (C=O) groups excluding carboxylic acids is 2. The van der Waals surface area contributed by atoms with Crippen molar-refractivity contribution in [3.63, 3.8) is 0 Å². The van der Waals surface area contributed by atoms with Gasteiger partial charge in [0.05, 0.1) is 13.1 Å². The molecule has 5 nitrogen and oxygen atoms in total. The Bertz CT molecular complexity index is 860. The van der Waals surface area contributed by atoms with Crippen LogP contribution in [0.5, 0.6) is 0 Å². The topological polar surface area (TPSA) is 45.6 Å². The molecule has 2 rings (SSSR count). The number of halogens is 1. The Morgan fingerprint density at radius 2 is 1.68 bits per heavy atom. The summed E-state index contributed by atoms with van der Waals surface area (Å²) >= 11 is 6.34. The van der Waals surface area contributed by atoms with E-state index in [9.17, 15) is 9.59 Å². The first-order valence-electron chi connectivity index (χ1n) is 11.1. The van der Waals surface area contributed by atoms with Gasteiger partial charge in [-0.25, -0.2) is 0 Å². The lowest BCUT2D eigenvalue weighted by atomic mass is 10.1. The van der Waals surface area contributed by atoms with Crippen LogP contribution in [0, 0.1) is 11.8 Å². The molecule has 31 heavy (non-hydrogen) atoms. The summed E-state index contributed by atoms with van der Waals surface area (Å²) in [7, 11) is 0. The zero-order valence-electron chi connectivity index (χ0n) is 19.5. The molecule has 170 valence electrons. The number of amides is 2. The van der Waals surface area contributed by atoms with Gasteiger partial charge < -0.3 is 14.4 Å². The Morgan fingerprint density at radius 1 is 0.968 bits per heavy atom. The zero-order valence-corrected chi connectivity index (χ0v) is 20.2. The molecule has 2 aromatic rings. The van der Waals surface area contributed by atoms with Crippen LogP contribution in [0.1, 0.15) is 52.3 Å². The number of likely N-dealkylation sites (N-methyl/N-ethyl adjacent to an activating group) is 1. The molecule has 0 radical (unpaired) electrons. The lowest BCUT2D eigenvalue weighted by Crippen LogP contribution is -2.44. The highest BCUT2D eigenvalue weighted by molar-refractivity contribution is 6.31. The summed E-state index contributed by atoms with van der Waals surface area (Å²) in [5.41, 5.74) is 2.09. The molecule has 0 fully saturated rings. The molecule has 0 N–H and O–H groups in total. The van der Waals surface area contributed by atoms with Crippen molar-refractivity contribution < 1.29 is 9.59 Å². The SMILES string of the molecule is CCN(CC(=O)N(Cc1cccn1Cc1ccccc1Cl)CC(C)C)C(=O)CC(C)C. The summed E-state index contributed by atoms with van der Waals surface area (Å²) in [5, 5.41) is 0.736. The molecule has 0 aliphatic carbocycles. The van der Waals surface area contributed by atoms with Crippen LogP contribution in [0.2, 0.25) is 5.02 Å². The van der Waals surface area contributed by atoms with Gasteiger partial charge in [-0.1, -0.05) is 57.5 Å². The largest absolute Gasteiger partial charge is 0.345 e. The van der Waals surface area contributed by atoms with Gasteiger partial charge in [0.1, 0.15) is 0 Å². The third-order valence-electron chi connectivity index (χ3n) is 5.16. The van der Waals surface area contributed by atoms with Crippen LogP contribution >= 0.6 is 11.6 Å². The van der Waals surface area contributed by atoms with E-state index in [2.05, 4.69) is 18.4 Å². The average Bonchev–Trinajstić information content (AvgIpc) is 3.12. The van der Waals surface area contributed by atoms with Crippen LogP contribution in [0.15, 0.2) is 42.6 Å². The monoisotopic (exact) mass is 445 g/mol. The molecular formula is C25H36ClN3O2. The first-order valence-corrected chi connectivity index (χ1v) is 11.5. The summed E-state index contributed by atoms with van der Waals surface area (Å²) in [4.78, 5) is 29.2. The van der Waals surface area contributed by atoms with Gasteiger partial charge in [-0.3, -0.25) is 9.59 Å². The van der Waals surface area contributed by atoms with Crippen LogP contribution in [-0.4, -0.2) is 45.8 Å². The number of hydrogen-bond acceptors (Lipinski definition) is 2. The minimum Gasteiger partial charge on any atom is -0.345 e. The Balaban J connectivity index is 2.15. The molecule has 1 aromatic carbocycles. The highest BCUT2D eigenvalue weighted by Crippen LogP contribution is 2.18. The van der Waals surface area contributed by atoms with Gasteiger partial charge in [0.25, 0.3) is 0 Å². The van der Waals surface area contributed by atoms with Gasteiger partial charge in [-0.05, 0) is 42.5 Å². The predicted molar refractivity (Wildman–Crippen MR) is 127 cm³/mol. The lowest BCUT2D eigenvalue weighted by molar-refractivity contribution is -0.141. The van der Waals surface area contributed by atoms with E-state index in [-0.39, 0.29) is 24.3 Å². The zero-order chi connectivity index (χ0) is 23.0. The fourth-order valence-electron chi connectivity index (χ4n) is 3.57. The minimum absolute atomic E-state index is 0.0156. The molecule has 2 amide bonds. The predicted octanol–water partition coefficient (Wildman–Crippen LogP) is 5.07. The normalized spacial score (nSPS) is 11.2. The van der Waals surface area contributed by atoms with E-state index in [1.807, 2.05) is 68.3 Å². The van der Waals surface area contributed by atoms with E-state index in [4.69, 9.17) is 11.6 Å². The molecule has 0 saturated carbocycles. The highest BCUT2D eigenvalue weighted by Gasteiger charge is 2.22. The number of aromatic nitrogens is 1. The van der Waals surface area contributed by atoms with Crippen LogP contribution in [0.4, 0.5) is 0 Å². The fourth-order valence-corrected chi connectivity index (χ4v) is 3.76. The molecular weight excluding hydrogens is 410 g/mol. The fraction of sp³-hybridized carbons (Fsp3) is 0.520. The van der Waals surface area contributed by atoms with E-state index in [1.165, 1.54) is 0 Å². The molecule has 0 unspecified atom stereocenters. The van der Waals surface area contributed by atoms with Crippen molar-refractivity contribution >= 4 is 23.4 Å². The Kier molecular flexibility index (Phi) is 9.63. The molecule has 0 aliphatic rings. The summed E-state index contributed by atoms with van der Waals surface area (Å²) in [5.74, 6) is 0.629. The smallest absolute Gasteiger partial charge is 0.242 e. The third-order valence-corrected chi connectivity index (χ3v) is 5.53. The second-order valence-electron chi connectivity index (χ2n) is 8.89. The highest BCUT2D eigenvalue weighted by atomic mass is 35.5. The lowest BCUT2D eigenvalue weighted by Gasteiger charge is -2.29. The van der Waals surface area contributed by atoms with Gasteiger partial charge >= 0.3 is 0 Å². The first kappa shape index (κ1) is 25.0. The van der Waals surface area contributed by atoms with Crippen LogP contribution in [0.25, 0.3) is 0 Å². The van der Waals surface area contributed by atoms with Crippen molar-refractivity contribution in [2.24, 2.45) is 11.8 Å². The van der Waals surface area contributed by atoms with Crippen molar-refractivity contribution in [1.29, 1.82) is 0 Å². The van der Waals surface area contributed by atoms with Crippen molar-refractivity contribution in [2.75, 3.05) is 19.6 Å². The molecule has 0 saturated heterocycles. The maximum absolute atomic E-state index is 13.2. The van der Waals surface area contributed by atoms with E-state index in [0.29, 0.717) is 38.5 Å². The van der Waals surface area contributed by atoms with Gasteiger partial charge in [-0.2, -0.15) is 0 Å². The summed E-state index contributed by atoms with van der Waals surface area (Å²) in [6, 6.07) is 11.8. The van der Waals surface area contributed by atoms with Gasteiger partial charge in [0.2, 0.25) is 11.8 Å². The van der Waals surface area contributed by atoms with E-state index < -0.39 is 0 Å². The second-order valence-corrected chi connectivity index (χ2v) is 9.30. The van der Waals surface area contributed by atoms with Gasteiger partial charge in [-0.15, -0.1) is 0 Å². The average molecular weight is 446 g/mol. The number of rotatable bonds is 11. The van der Waals surface area contributed by atoms with Crippen molar-refractivity contribution in [3.05, 3.63) is 58.9 Å². The summed E-state index contributed by atoms with van der Waals surface area (Å²) in [6.45, 7) is 12.6. The molecule has 0 bridgehead atoms. The van der Waals surface area contributed by atoms with Crippen molar-refractivity contribution in [3.8, 4) is 0 Å². The summed E-state index contributed by atoms with van der Waals surface area (Å²) < 4.78 is 2.13. The Labute approximate surface area is 192 Å². The van der Waals surface area contributed by atoms with Crippen molar-refractivity contribution in [1.82, 2.24) is 14.4 Å². The van der Waals surface area contributed by atoms with E-state index in [1.54, 1.807) is 4.90 Å². The standard InChI is InChI=1S/C25H36ClN3O2/c1-6-27(24(30)14-19(2)3)18-25(31)29(15-20(4)5)17-22-11-9-13-28(22)16-21-10-7-8-12-23(21)26/h7-13,19-20H,6,14-18H2,1-5H3.